The molecule has 0 spiro atoms. The lowest BCUT2D eigenvalue weighted by Gasteiger charge is -2.21. The fraction of sp³-hybridized carbons (Fsp3) is 0.833. The van der Waals surface area contributed by atoms with Gasteiger partial charge in [-0.3, -0.25) is 9.59 Å². The Hall–Kier alpha value is -1.11. The van der Waals surface area contributed by atoms with E-state index in [1.165, 1.54) is 0 Å². The number of rotatable bonds is 3. The Morgan fingerprint density at radius 3 is 2.79 bits per heavy atom. The van der Waals surface area contributed by atoms with E-state index >= 15 is 0 Å². The second-order valence-electron chi connectivity index (χ2n) is 5.29. The maximum absolute atomic E-state index is 11.8. The highest BCUT2D eigenvalue weighted by Gasteiger charge is 2.29. The van der Waals surface area contributed by atoms with E-state index in [-0.39, 0.29) is 35.9 Å². The summed E-state index contributed by atoms with van der Waals surface area (Å²) in [6, 6.07) is -0.292. The number of carbonyl (C=O) groups is 2. The first-order valence-corrected chi connectivity index (χ1v) is 8.56. The zero-order chi connectivity index (χ0) is 13.9. The molecule has 0 radical (unpaired) electrons. The van der Waals surface area contributed by atoms with Gasteiger partial charge in [0.25, 0.3) is 0 Å². The van der Waals surface area contributed by atoms with Gasteiger partial charge in [-0.05, 0) is 19.3 Å². The average Bonchev–Trinajstić information content (AvgIpc) is 2.53. The van der Waals surface area contributed by atoms with Crippen molar-refractivity contribution in [2.75, 3.05) is 24.6 Å². The van der Waals surface area contributed by atoms with E-state index in [9.17, 15) is 18.0 Å². The minimum absolute atomic E-state index is 0.0201. The van der Waals surface area contributed by atoms with Gasteiger partial charge in [-0.15, -0.1) is 0 Å². The van der Waals surface area contributed by atoms with Gasteiger partial charge in [-0.1, -0.05) is 6.42 Å². The number of hydrogen-bond donors (Lipinski definition) is 1. The zero-order valence-corrected chi connectivity index (χ0v) is 11.7. The normalized spacial score (nSPS) is 27.1. The molecule has 2 aliphatic heterocycles. The van der Waals surface area contributed by atoms with Gasteiger partial charge >= 0.3 is 0 Å². The topological polar surface area (TPSA) is 83.6 Å². The molecule has 0 bridgehead atoms. The summed E-state index contributed by atoms with van der Waals surface area (Å²) in [6.45, 7) is 0.671. The molecule has 7 heteroatoms. The van der Waals surface area contributed by atoms with Crippen LogP contribution in [0.1, 0.15) is 32.1 Å². The minimum atomic E-state index is -2.99. The first kappa shape index (κ1) is 14.3. The summed E-state index contributed by atoms with van der Waals surface area (Å²) >= 11 is 0. The summed E-state index contributed by atoms with van der Waals surface area (Å²) in [6.07, 6.45) is 3.81. The molecule has 2 amide bonds. The van der Waals surface area contributed by atoms with Crippen LogP contribution < -0.4 is 5.32 Å². The Labute approximate surface area is 113 Å². The van der Waals surface area contributed by atoms with E-state index in [0.29, 0.717) is 19.4 Å². The van der Waals surface area contributed by atoms with Gasteiger partial charge in [0.15, 0.2) is 9.84 Å². The van der Waals surface area contributed by atoms with Crippen molar-refractivity contribution in [1.29, 1.82) is 0 Å². The molecule has 0 aromatic heterocycles. The molecule has 0 saturated carbocycles. The van der Waals surface area contributed by atoms with Gasteiger partial charge in [0.2, 0.25) is 11.8 Å². The molecule has 19 heavy (non-hydrogen) atoms. The van der Waals surface area contributed by atoms with Gasteiger partial charge in [0, 0.05) is 19.0 Å². The van der Waals surface area contributed by atoms with Crippen molar-refractivity contribution < 1.29 is 18.0 Å². The molecule has 2 heterocycles. The number of hydrogen-bond acceptors (Lipinski definition) is 4. The van der Waals surface area contributed by atoms with Crippen LogP contribution in [0.25, 0.3) is 0 Å². The first-order chi connectivity index (χ1) is 8.96. The molecule has 108 valence electrons. The number of amides is 2. The SMILES string of the molecule is O=C(CN1CCCCCC1=O)NC1CCS(=O)(=O)C1. The summed E-state index contributed by atoms with van der Waals surface area (Å²) in [5.41, 5.74) is 0. The number of likely N-dealkylation sites (tertiary alicyclic amines) is 1. The van der Waals surface area contributed by atoms with Crippen LogP contribution >= 0.6 is 0 Å². The van der Waals surface area contributed by atoms with Crippen molar-refractivity contribution in [3.8, 4) is 0 Å². The molecule has 2 fully saturated rings. The van der Waals surface area contributed by atoms with Crippen molar-refractivity contribution in [1.82, 2.24) is 10.2 Å². The third-order valence-corrected chi connectivity index (χ3v) is 5.37. The van der Waals surface area contributed by atoms with Gasteiger partial charge in [-0.2, -0.15) is 0 Å². The van der Waals surface area contributed by atoms with Crippen molar-refractivity contribution in [2.24, 2.45) is 0 Å². The highest BCUT2D eigenvalue weighted by Crippen LogP contribution is 2.12. The molecule has 2 aliphatic rings. The predicted octanol–water partition coefficient (Wildman–Crippen LogP) is -0.308. The van der Waals surface area contributed by atoms with E-state index in [4.69, 9.17) is 0 Å². The molecule has 0 aromatic carbocycles. The highest BCUT2D eigenvalue weighted by atomic mass is 32.2. The largest absolute Gasteiger partial charge is 0.351 e. The van der Waals surface area contributed by atoms with E-state index in [0.717, 1.165) is 19.3 Å². The third-order valence-electron chi connectivity index (χ3n) is 3.60. The molecule has 2 saturated heterocycles. The molecule has 2 rings (SSSR count). The second kappa shape index (κ2) is 5.90. The Balaban J connectivity index is 1.82. The molecular weight excluding hydrogens is 268 g/mol. The summed E-state index contributed by atoms with van der Waals surface area (Å²) in [5.74, 6) is -0.0724. The van der Waals surface area contributed by atoms with Crippen LogP contribution in [0.5, 0.6) is 0 Å². The van der Waals surface area contributed by atoms with Crippen LogP contribution in [-0.2, 0) is 19.4 Å². The van der Waals surface area contributed by atoms with Gasteiger partial charge in [0.1, 0.15) is 0 Å². The lowest BCUT2D eigenvalue weighted by Crippen LogP contribution is -2.44. The summed E-state index contributed by atoms with van der Waals surface area (Å²) in [4.78, 5) is 25.2. The molecule has 0 aromatic rings. The van der Waals surface area contributed by atoms with Crippen molar-refractivity contribution in [3.05, 3.63) is 0 Å². The quantitative estimate of drug-likeness (QED) is 0.772. The summed E-state index contributed by atoms with van der Waals surface area (Å²) in [5, 5.41) is 2.71. The number of nitrogens with zero attached hydrogens (tertiary/aromatic N) is 1. The highest BCUT2D eigenvalue weighted by molar-refractivity contribution is 7.91. The zero-order valence-electron chi connectivity index (χ0n) is 10.9. The van der Waals surface area contributed by atoms with Gasteiger partial charge < -0.3 is 10.2 Å². The lowest BCUT2D eigenvalue weighted by atomic mass is 10.2. The van der Waals surface area contributed by atoms with Crippen molar-refractivity contribution in [3.63, 3.8) is 0 Å². The fourth-order valence-electron chi connectivity index (χ4n) is 2.56. The third kappa shape index (κ3) is 4.19. The Morgan fingerprint density at radius 2 is 2.11 bits per heavy atom. The summed E-state index contributed by atoms with van der Waals surface area (Å²) < 4.78 is 22.6. The molecule has 1 N–H and O–H groups in total. The van der Waals surface area contributed by atoms with E-state index in [1.54, 1.807) is 4.90 Å². The fourth-order valence-corrected chi connectivity index (χ4v) is 4.23. The average molecular weight is 288 g/mol. The van der Waals surface area contributed by atoms with Gasteiger partial charge in [-0.25, -0.2) is 8.42 Å². The maximum Gasteiger partial charge on any atom is 0.239 e. The van der Waals surface area contributed by atoms with Crippen LogP contribution in [0.15, 0.2) is 0 Å². The number of sulfone groups is 1. The van der Waals surface area contributed by atoms with Crippen LogP contribution in [0, 0.1) is 0 Å². The second-order valence-corrected chi connectivity index (χ2v) is 7.52. The van der Waals surface area contributed by atoms with E-state index in [1.807, 2.05) is 0 Å². The lowest BCUT2D eigenvalue weighted by molar-refractivity contribution is -0.135. The van der Waals surface area contributed by atoms with Crippen LogP contribution in [0.4, 0.5) is 0 Å². The van der Waals surface area contributed by atoms with Crippen molar-refractivity contribution in [2.45, 2.75) is 38.1 Å². The molecule has 6 nitrogen and oxygen atoms in total. The Bertz CT molecular complexity index is 460. The maximum atomic E-state index is 11.8. The Kier molecular flexibility index (Phi) is 4.44. The van der Waals surface area contributed by atoms with E-state index in [2.05, 4.69) is 5.32 Å². The smallest absolute Gasteiger partial charge is 0.239 e. The standard InChI is InChI=1S/C12H20N2O4S/c15-11(13-10-5-7-19(17,18)9-10)8-14-6-3-1-2-4-12(14)16/h10H,1-9H2,(H,13,15). The van der Waals surface area contributed by atoms with Crippen LogP contribution in [-0.4, -0.2) is 55.8 Å². The Morgan fingerprint density at radius 1 is 1.32 bits per heavy atom. The van der Waals surface area contributed by atoms with Crippen LogP contribution in [0.3, 0.4) is 0 Å². The monoisotopic (exact) mass is 288 g/mol. The molecule has 1 unspecified atom stereocenters. The van der Waals surface area contributed by atoms with Gasteiger partial charge in [0.05, 0.1) is 18.1 Å². The predicted molar refractivity (Wildman–Crippen MR) is 70.2 cm³/mol. The molecule has 1 atom stereocenters. The molecular formula is C12H20N2O4S. The number of nitrogens with one attached hydrogen (secondary N) is 1. The number of carbonyl (C=O) groups excluding carboxylic acids is 2. The first-order valence-electron chi connectivity index (χ1n) is 6.74. The van der Waals surface area contributed by atoms with Crippen LogP contribution in [0.2, 0.25) is 0 Å². The van der Waals surface area contributed by atoms with E-state index < -0.39 is 9.84 Å². The van der Waals surface area contributed by atoms with Crippen molar-refractivity contribution >= 4 is 21.7 Å². The summed E-state index contributed by atoms with van der Waals surface area (Å²) in [7, 11) is -2.99. The molecule has 0 aliphatic carbocycles. The minimum Gasteiger partial charge on any atom is -0.351 e.